The average Bonchev–Trinajstić information content (AvgIpc) is 3.15. The molecule has 1 saturated heterocycles. The van der Waals surface area contributed by atoms with Crippen LogP contribution in [0.25, 0.3) is 0 Å². The van der Waals surface area contributed by atoms with Crippen molar-refractivity contribution in [3.05, 3.63) is 48.0 Å². The predicted octanol–water partition coefficient (Wildman–Crippen LogP) is 0.713. The molecule has 3 rings (SSSR count). The minimum absolute atomic E-state index is 0. The molecule has 0 saturated carbocycles. The fraction of sp³-hybridized carbons (Fsp3) is 0.444. The highest BCUT2D eigenvalue weighted by atomic mass is 35.5. The van der Waals surface area contributed by atoms with Crippen LogP contribution in [-0.2, 0) is 11.3 Å². The first kappa shape index (κ1) is 20.9. The van der Waals surface area contributed by atoms with Crippen LogP contribution in [0.2, 0.25) is 0 Å². The number of halogens is 1. The Kier molecular flexibility index (Phi) is 8.22. The van der Waals surface area contributed by atoms with Gasteiger partial charge in [0.2, 0.25) is 5.91 Å². The Morgan fingerprint density at radius 1 is 1.26 bits per heavy atom. The molecular formula is C18H25ClN6O2. The summed E-state index contributed by atoms with van der Waals surface area (Å²) in [6.45, 7) is 2.91. The Balaban J connectivity index is 0.00000261. The molecule has 2 aromatic rings. The zero-order valence-electron chi connectivity index (χ0n) is 15.1. The predicted molar refractivity (Wildman–Crippen MR) is 104 cm³/mol. The summed E-state index contributed by atoms with van der Waals surface area (Å²) in [6, 6.07) is 5.38. The van der Waals surface area contributed by atoms with Gasteiger partial charge in [0.05, 0.1) is 11.3 Å². The van der Waals surface area contributed by atoms with Crippen molar-refractivity contribution < 1.29 is 9.59 Å². The number of hydrogen-bond acceptors (Lipinski definition) is 5. The average molecular weight is 393 g/mol. The Bertz CT molecular complexity index is 730. The lowest BCUT2D eigenvalue weighted by Crippen LogP contribution is -2.36. The van der Waals surface area contributed by atoms with Gasteiger partial charge in [-0.15, -0.1) is 12.4 Å². The standard InChI is InChI=1S/C18H24N6O2.ClH/c25-17(21-8-9-22-18(26)15-4-2-7-20-12-15)13-24-10-5-16(23-24)14-3-1-6-19-11-14;/h2,4-5,7,10,12,14,19H,1,3,6,8-9,11,13H2,(H,21,25)(H,22,26);1H. The Labute approximate surface area is 164 Å². The lowest BCUT2D eigenvalue weighted by molar-refractivity contribution is -0.121. The number of pyridine rings is 1. The third-order valence-corrected chi connectivity index (χ3v) is 4.34. The van der Waals surface area contributed by atoms with Gasteiger partial charge >= 0.3 is 0 Å². The highest BCUT2D eigenvalue weighted by Crippen LogP contribution is 2.21. The summed E-state index contributed by atoms with van der Waals surface area (Å²) in [6.07, 6.45) is 7.25. The number of aromatic nitrogens is 3. The molecule has 0 aromatic carbocycles. The van der Waals surface area contributed by atoms with Gasteiger partial charge in [-0.3, -0.25) is 19.3 Å². The van der Waals surface area contributed by atoms with E-state index in [0.717, 1.165) is 31.6 Å². The molecular weight excluding hydrogens is 368 g/mol. The minimum Gasteiger partial charge on any atom is -0.353 e. The number of piperidine rings is 1. The third-order valence-electron chi connectivity index (χ3n) is 4.34. The fourth-order valence-electron chi connectivity index (χ4n) is 2.97. The lowest BCUT2D eigenvalue weighted by Gasteiger charge is -2.20. The summed E-state index contributed by atoms with van der Waals surface area (Å²) in [7, 11) is 0. The molecule has 8 nitrogen and oxygen atoms in total. The summed E-state index contributed by atoms with van der Waals surface area (Å²) < 4.78 is 1.66. The van der Waals surface area contributed by atoms with Gasteiger partial charge in [0, 0.05) is 44.1 Å². The molecule has 27 heavy (non-hydrogen) atoms. The van der Waals surface area contributed by atoms with Crippen molar-refractivity contribution in [3.8, 4) is 0 Å². The fourth-order valence-corrected chi connectivity index (χ4v) is 2.97. The second-order valence-electron chi connectivity index (χ2n) is 6.33. The number of nitrogens with one attached hydrogen (secondary N) is 3. The Morgan fingerprint density at radius 3 is 2.85 bits per heavy atom. The van der Waals surface area contributed by atoms with E-state index in [1.165, 1.54) is 6.20 Å². The normalized spacial score (nSPS) is 16.2. The van der Waals surface area contributed by atoms with E-state index in [2.05, 4.69) is 26.0 Å². The highest BCUT2D eigenvalue weighted by molar-refractivity contribution is 5.93. The molecule has 3 heterocycles. The van der Waals surface area contributed by atoms with Gasteiger partial charge < -0.3 is 16.0 Å². The number of amides is 2. The summed E-state index contributed by atoms with van der Waals surface area (Å²) in [5, 5.41) is 13.4. The molecule has 2 amide bonds. The van der Waals surface area contributed by atoms with E-state index in [4.69, 9.17) is 0 Å². The molecule has 2 aromatic heterocycles. The smallest absolute Gasteiger partial charge is 0.252 e. The molecule has 1 atom stereocenters. The molecule has 0 aliphatic carbocycles. The first-order chi connectivity index (χ1) is 12.7. The van der Waals surface area contributed by atoms with Crippen LogP contribution in [0.1, 0.15) is 34.8 Å². The molecule has 1 aliphatic heterocycles. The number of nitrogens with zero attached hydrogens (tertiary/aromatic N) is 3. The molecule has 1 fully saturated rings. The van der Waals surface area contributed by atoms with E-state index in [-0.39, 0.29) is 30.8 Å². The number of carbonyl (C=O) groups is 2. The van der Waals surface area contributed by atoms with Gasteiger partial charge in [0.1, 0.15) is 6.54 Å². The molecule has 1 unspecified atom stereocenters. The van der Waals surface area contributed by atoms with Gasteiger partial charge in [-0.25, -0.2) is 0 Å². The number of carbonyl (C=O) groups excluding carboxylic acids is 2. The molecule has 0 radical (unpaired) electrons. The maximum absolute atomic E-state index is 12.0. The topological polar surface area (TPSA) is 101 Å². The summed E-state index contributed by atoms with van der Waals surface area (Å²) in [4.78, 5) is 27.8. The minimum atomic E-state index is -0.204. The Hall–Kier alpha value is -2.45. The van der Waals surface area contributed by atoms with E-state index in [0.29, 0.717) is 24.6 Å². The monoisotopic (exact) mass is 392 g/mol. The first-order valence-corrected chi connectivity index (χ1v) is 8.91. The summed E-state index contributed by atoms with van der Waals surface area (Å²) in [5.41, 5.74) is 1.54. The summed E-state index contributed by atoms with van der Waals surface area (Å²) in [5.74, 6) is 0.0953. The van der Waals surface area contributed by atoms with Crippen molar-refractivity contribution in [3.63, 3.8) is 0 Å². The molecule has 1 aliphatic rings. The van der Waals surface area contributed by atoms with Gasteiger partial charge in [-0.05, 0) is 37.6 Å². The second-order valence-corrected chi connectivity index (χ2v) is 6.33. The van der Waals surface area contributed by atoms with Crippen LogP contribution in [0.15, 0.2) is 36.8 Å². The van der Waals surface area contributed by atoms with Crippen molar-refractivity contribution in [1.82, 2.24) is 30.7 Å². The molecule has 9 heteroatoms. The van der Waals surface area contributed by atoms with Crippen LogP contribution in [0.4, 0.5) is 0 Å². The van der Waals surface area contributed by atoms with E-state index >= 15 is 0 Å². The van der Waals surface area contributed by atoms with Crippen molar-refractivity contribution in [2.75, 3.05) is 26.2 Å². The van der Waals surface area contributed by atoms with Crippen molar-refractivity contribution in [1.29, 1.82) is 0 Å². The quantitative estimate of drug-likeness (QED) is 0.602. The van der Waals surface area contributed by atoms with Gasteiger partial charge in [0.15, 0.2) is 0 Å². The SMILES string of the molecule is Cl.O=C(Cn1ccc(C2CCCNC2)n1)NCCNC(=O)c1cccnc1. The number of rotatable bonds is 7. The van der Waals surface area contributed by atoms with Crippen molar-refractivity contribution >= 4 is 24.2 Å². The van der Waals surface area contributed by atoms with Gasteiger partial charge in [-0.2, -0.15) is 5.10 Å². The molecule has 146 valence electrons. The largest absolute Gasteiger partial charge is 0.353 e. The lowest BCUT2D eigenvalue weighted by atomic mass is 9.97. The van der Waals surface area contributed by atoms with E-state index < -0.39 is 0 Å². The molecule has 3 N–H and O–H groups in total. The second kappa shape index (κ2) is 10.6. The van der Waals surface area contributed by atoms with Crippen LogP contribution in [0, 0.1) is 0 Å². The molecule has 0 spiro atoms. The van der Waals surface area contributed by atoms with Crippen LogP contribution in [0.5, 0.6) is 0 Å². The zero-order valence-corrected chi connectivity index (χ0v) is 15.9. The maximum atomic E-state index is 12.0. The molecule has 0 bridgehead atoms. The van der Waals surface area contributed by atoms with E-state index in [9.17, 15) is 9.59 Å². The van der Waals surface area contributed by atoms with Crippen LogP contribution in [-0.4, -0.2) is 52.8 Å². The van der Waals surface area contributed by atoms with Crippen LogP contribution < -0.4 is 16.0 Å². The Morgan fingerprint density at radius 2 is 2.11 bits per heavy atom. The van der Waals surface area contributed by atoms with Crippen LogP contribution >= 0.6 is 12.4 Å². The van der Waals surface area contributed by atoms with Gasteiger partial charge in [0.25, 0.3) is 5.91 Å². The van der Waals surface area contributed by atoms with E-state index in [1.807, 2.05) is 12.3 Å². The van der Waals surface area contributed by atoms with Crippen molar-refractivity contribution in [2.45, 2.75) is 25.3 Å². The third kappa shape index (κ3) is 6.33. The zero-order chi connectivity index (χ0) is 18.2. The van der Waals surface area contributed by atoms with E-state index in [1.54, 1.807) is 23.0 Å². The summed E-state index contributed by atoms with van der Waals surface area (Å²) >= 11 is 0. The number of hydrogen-bond donors (Lipinski definition) is 3. The van der Waals surface area contributed by atoms with Crippen molar-refractivity contribution in [2.24, 2.45) is 0 Å². The first-order valence-electron chi connectivity index (χ1n) is 8.91. The van der Waals surface area contributed by atoms with Gasteiger partial charge in [-0.1, -0.05) is 0 Å². The van der Waals surface area contributed by atoms with Crippen LogP contribution in [0.3, 0.4) is 0 Å². The maximum Gasteiger partial charge on any atom is 0.252 e. The highest BCUT2D eigenvalue weighted by Gasteiger charge is 2.17.